The monoisotopic (exact) mass is 230 g/mol. The quantitative estimate of drug-likeness (QED) is 0.833. The Hall–Kier alpha value is -0.820. The van der Waals surface area contributed by atoms with E-state index in [1.165, 1.54) is 30.4 Å². The highest BCUT2D eigenvalue weighted by Gasteiger charge is 2.37. The summed E-state index contributed by atoms with van der Waals surface area (Å²) in [6.45, 7) is 2.28. The molecule has 1 saturated carbocycles. The Bertz CT molecular complexity index is 408. The Morgan fingerprint density at radius 3 is 2.76 bits per heavy atom. The van der Waals surface area contributed by atoms with Crippen LogP contribution >= 0.6 is 0 Å². The predicted octanol–water partition coefficient (Wildman–Crippen LogP) is 3.96. The molecule has 0 amide bonds. The van der Waals surface area contributed by atoms with Crippen molar-refractivity contribution in [1.29, 1.82) is 0 Å². The number of aliphatic hydroxyl groups is 1. The van der Waals surface area contributed by atoms with E-state index in [2.05, 4.69) is 31.2 Å². The van der Waals surface area contributed by atoms with E-state index in [0.29, 0.717) is 5.92 Å². The van der Waals surface area contributed by atoms with Crippen molar-refractivity contribution in [1.82, 2.24) is 0 Å². The molecule has 92 valence electrons. The summed E-state index contributed by atoms with van der Waals surface area (Å²) in [4.78, 5) is 0. The van der Waals surface area contributed by atoms with Crippen LogP contribution in [0, 0.1) is 5.92 Å². The zero-order valence-corrected chi connectivity index (χ0v) is 10.7. The maximum Gasteiger partial charge on any atom is 0.0899 e. The van der Waals surface area contributed by atoms with Crippen LogP contribution in [0.4, 0.5) is 0 Å². The highest BCUT2D eigenvalue weighted by atomic mass is 16.3. The summed E-state index contributed by atoms with van der Waals surface area (Å²) in [5, 5.41) is 10.9. The van der Waals surface area contributed by atoms with Gasteiger partial charge >= 0.3 is 0 Å². The van der Waals surface area contributed by atoms with Crippen molar-refractivity contribution in [2.45, 2.75) is 57.0 Å². The predicted molar refractivity (Wildman–Crippen MR) is 69.9 cm³/mol. The van der Waals surface area contributed by atoms with E-state index in [9.17, 15) is 5.11 Å². The minimum atomic E-state index is -0.536. The largest absolute Gasteiger partial charge is 0.385 e. The summed E-state index contributed by atoms with van der Waals surface area (Å²) in [5.74, 6) is 1.51. The molecule has 0 aliphatic heterocycles. The zero-order valence-electron chi connectivity index (χ0n) is 10.7. The van der Waals surface area contributed by atoms with Gasteiger partial charge in [-0.3, -0.25) is 0 Å². The summed E-state index contributed by atoms with van der Waals surface area (Å²) >= 11 is 0. The smallest absolute Gasteiger partial charge is 0.0899 e. The van der Waals surface area contributed by atoms with Crippen LogP contribution in [0.2, 0.25) is 0 Å². The second-order valence-corrected chi connectivity index (χ2v) is 6.04. The SMILES string of the molecule is CC1CCC(O)(CCC2CC2)c2ccccc21. The van der Waals surface area contributed by atoms with E-state index in [4.69, 9.17) is 0 Å². The first-order valence-electron chi connectivity index (χ1n) is 7.01. The first-order valence-corrected chi connectivity index (χ1v) is 7.01. The Kier molecular flexibility index (Phi) is 2.74. The van der Waals surface area contributed by atoms with Crippen LogP contribution in [0.5, 0.6) is 0 Å². The minimum Gasteiger partial charge on any atom is -0.385 e. The molecular formula is C16H22O. The van der Waals surface area contributed by atoms with Gasteiger partial charge in [0.1, 0.15) is 0 Å². The van der Waals surface area contributed by atoms with Gasteiger partial charge in [0.15, 0.2) is 0 Å². The van der Waals surface area contributed by atoms with Gasteiger partial charge in [0.05, 0.1) is 5.60 Å². The number of fused-ring (bicyclic) bond motifs is 1. The summed E-state index contributed by atoms with van der Waals surface area (Å²) in [7, 11) is 0. The van der Waals surface area contributed by atoms with E-state index in [1.807, 2.05) is 0 Å². The van der Waals surface area contributed by atoms with Gasteiger partial charge in [-0.15, -0.1) is 0 Å². The van der Waals surface area contributed by atoms with E-state index in [1.54, 1.807) is 0 Å². The third-order valence-electron chi connectivity index (χ3n) is 4.65. The standard InChI is InChI=1S/C16H22O/c1-12-8-10-16(17,11-9-13-6-7-13)15-5-3-2-4-14(12)15/h2-5,12-13,17H,6-11H2,1H3. The number of hydrogen-bond donors (Lipinski definition) is 1. The summed E-state index contributed by atoms with van der Waals surface area (Å²) in [6, 6.07) is 8.50. The molecule has 2 atom stereocenters. The van der Waals surface area contributed by atoms with Gasteiger partial charge in [0.2, 0.25) is 0 Å². The van der Waals surface area contributed by atoms with Crippen LogP contribution in [0.15, 0.2) is 24.3 Å². The fourth-order valence-corrected chi connectivity index (χ4v) is 3.21. The van der Waals surface area contributed by atoms with Gasteiger partial charge in [-0.1, -0.05) is 44.0 Å². The number of benzene rings is 1. The van der Waals surface area contributed by atoms with Crippen LogP contribution in [-0.2, 0) is 5.60 Å². The van der Waals surface area contributed by atoms with Crippen molar-refractivity contribution in [2.24, 2.45) is 5.92 Å². The molecule has 0 aromatic heterocycles. The fourth-order valence-electron chi connectivity index (χ4n) is 3.21. The molecule has 1 N–H and O–H groups in total. The molecule has 1 heteroatoms. The highest BCUT2D eigenvalue weighted by Crippen LogP contribution is 2.46. The van der Waals surface area contributed by atoms with Crippen molar-refractivity contribution in [2.75, 3.05) is 0 Å². The maximum absolute atomic E-state index is 10.9. The third kappa shape index (κ3) is 2.13. The molecule has 2 aliphatic rings. The molecule has 1 nitrogen and oxygen atoms in total. The minimum absolute atomic E-state index is 0.536. The van der Waals surface area contributed by atoms with Gasteiger partial charge < -0.3 is 5.11 Å². The van der Waals surface area contributed by atoms with E-state index in [0.717, 1.165) is 25.2 Å². The molecule has 2 unspecified atom stereocenters. The van der Waals surface area contributed by atoms with Gasteiger partial charge in [-0.2, -0.15) is 0 Å². The lowest BCUT2D eigenvalue weighted by atomic mass is 9.72. The van der Waals surface area contributed by atoms with Crippen molar-refractivity contribution in [3.8, 4) is 0 Å². The Labute approximate surface area is 104 Å². The molecule has 1 fully saturated rings. The summed E-state index contributed by atoms with van der Waals surface area (Å²) < 4.78 is 0. The highest BCUT2D eigenvalue weighted by molar-refractivity contribution is 5.37. The van der Waals surface area contributed by atoms with Crippen LogP contribution in [0.1, 0.15) is 62.5 Å². The van der Waals surface area contributed by atoms with Gasteiger partial charge in [-0.25, -0.2) is 0 Å². The van der Waals surface area contributed by atoms with Gasteiger partial charge in [0, 0.05) is 0 Å². The van der Waals surface area contributed by atoms with Gasteiger partial charge in [-0.05, 0) is 48.6 Å². The second kappa shape index (κ2) is 4.13. The lowest BCUT2D eigenvalue weighted by Gasteiger charge is -2.37. The van der Waals surface area contributed by atoms with E-state index >= 15 is 0 Å². The number of hydrogen-bond acceptors (Lipinski definition) is 1. The van der Waals surface area contributed by atoms with Crippen LogP contribution < -0.4 is 0 Å². The molecule has 0 heterocycles. The fraction of sp³-hybridized carbons (Fsp3) is 0.625. The van der Waals surface area contributed by atoms with Crippen molar-refractivity contribution < 1.29 is 5.11 Å². The van der Waals surface area contributed by atoms with Crippen molar-refractivity contribution in [3.05, 3.63) is 35.4 Å². The molecule has 3 rings (SSSR count). The van der Waals surface area contributed by atoms with Crippen molar-refractivity contribution in [3.63, 3.8) is 0 Å². The molecular weight excluding hydrogens is 208 g/mol. The van der Waals surface area contributed by atoms with E-state index < -0.39 is 5.60 Å². The third-order valence-corrected chi connectivity index (χ3v) is 4.65. The first-order chi connectivity index (χ1) is 8.19. The molecule has 0 bridgehead atoms. The summed E-state index contributed by atoms with van der Waals surface area (Å²) in [6.07, 6.45) is 7.00. The molecule has 17 heavy (non-hydrogen) atoms. The Balaban J connectivity index is 1.87. The normalized spacial score (nSPS) is 32.2. The lowest BCUT2D eigenvalue weighted by molar-refractivity contribution is 0.00386. The van der Waals surface area contributed by atoms with Crippen molar-refractivity contribution >= 4 is 0 Å². The molecule has 2 aliphatic carbocycles. The topological polar surface area (TPSA) is 20.2 Å². The van der Waals surface area contributed by atoms with Crippen LogP contribution in [-0.4, -0.2) is 5.11 Å². The van der Waals surface area contributed by atoms with Crippen LogP contribution in [0.3, 0.4) is 0 Å². The molecule has 1 aromatic rings. The maximum atomic E-state index is 10.9. The molecule has 1 aromatic carbocycles. The molecule has 0 saturated heterocycles. The zero-order chi connectivity index (χ0) is 11.9. The Morgan fingerprint density at radius 1 is 1.24 bits per heavy atom. The average Bonchev–Trinajstić information content (AvgIpc) is 3.17. The Morgan fingerprint density at radius 2 is 2.00 bits per heavy atom. The molecule has 0 radical (unpaired) electrons. The average molecular weight is 230 g/mol. The summed E-state index contributed by atoms with van der Waals surface area (Å²) in [5.41, 5.74) is 2.04. The van der Waals surface area contributed by atoms with Crippen LogP contribution in [0.25, 0.3) is 0 Å². The lowest BCUT2D eigenvalue weighted by Crippen LogP contribution is -2.31. The first kappa shape index (κ1) is 11.3. The van der Waals surface area contributed by atoms with E-state index in [-0.39, 0.29) is 0 Å². The van der Waals surface area contributed by atoms with Gasteiger partial charge in [0.25, 0.3) is 0 Å². The number of rotatable bonds is 3. The second-order valence-electron chi connectivity index (χ2n) is 6.04. The molecule has 0 spiro atoms.